The molecule has 2 aromatic heterocycles. The standard InChI is InChI=1S/C9H5BrN2O3/c10-8-2-1-7(15-8)5-3-6(9(13)14)12-4-11-5/h1-4H,(H,13,14). The van der Waals surface area contributed by atoms with Gasteiger partial charge in [-0.2, -0.15) is 0 Å². The SMILES string of the molecule is O=C(O)c1cc(-c2ccc(Br)o2)ncn1. The first kappa shape index (κ1) is 9.85. The summed E-state index contributed by atoms with van der Waals surface area (Å²) in [5, 5.41) is 8.73. The summed E-state index contributed by atoms with van der Waals surface area (Å²) in [5.41, 5.74) is 0.376. The lowest BCUT2D eigenvalue weighted by Gasteiger charge is -1.96. The van der Waals surface area contributed by atoms with Crippen LogP contribution in [0, 0.1) is 0 Å². The molecule has 0 saturated heterocycles. The van der Waals surface area contributed by atoms with Crippen LogP contribution in [0.2, 0.25) is 0 Å². The summed E-state index contributed by atoms with van der Waals surface area (Å²) in [6.45, 7) is 0. The Morgan fingerprint density at radius 3 is 2.80 bits per heavy atom. The Kier molecular flexibility index (Phi) is 2.51. The van der Waals surface area contributed by atoms with Gasteiger partial charge < -0.3 is 9.52 Å². The molecule has 0 aromatic carbocycles. The van der Waals surface area contributed by atoms with Gasteiger partial charge in [-0.1, -0.05) is 0 Å². The van der Waals surface area contributed by atoms with E-state index in [2.05, 4.69) is 25.9 Å². The minimum atomic E-state index is -1.09. The monoisotopic (exact) mass is 268 g/mol. The Bertz CT molecular complexity index is 510. The number of carbonyl (C=O) groups is 1. The van der Waals surface area contributed by atoms with Crippen LogP contribution in [0.5, 0.6) is 0 Å². The van der Waals surface area contributed by atoms with Gasteiger partial charge in [0, 0.05) is 6.07 Å². The Morgan fingerprint density at radius 1 is 1.40 bits per heavy atom. The Labute approximate surface area is 92.9 Å². The fraction of sp³-hybridized carbons (Fsp3) is 0. The molecule has 0 aliphatic heterocycles. The van der Waals surface area contributed by atoms with Gasteiger partial charge in [0.05, 0.1) is 0 Å². The molecule has 0 amide bonds. The predicted octanol–water partition coefficient (Wildman–Crippen LogP) is 2.20. The van der Waals surface area contributed by atoms with Crippen molar-refractivity contribution < 1.29 is 14.3 Å². The summed E-state index contributed by atoms with van der Waals surface area (Å²) >= 11 is 3.15. The first-order chi connectivity index (χ1) is 7.16. The summed E-state index contributed by atoms with van der Waals surface area (Å²) in [6, 6.07) is 4.75. The largest absolute Gasteiger partial charge is 0.477 e. The van der Waals surface area contributed by atoms with Gasteiger partial charge >= 0.3 is 5.97 Å². The van der Waals surface area contributed by atoms with E-state index in [1.807, 2.05) is 0 Å². The van der Waals surface area contributed by atoms with Crippen LogP contribution in [0.25, 0.3) is 11.5 Å². The van der Waals surface area contributed by atoms with Crippen molar-refractivity contribution in [1.29, 1.82) is 0 Å². The minimum absolute atomic E-state index is 0.0625. The average Bonchev–Trinajstić information content (AvgIpc) is 2.65. The molecule has 6 heteroatoms. The number of carboxylic acids is 1. The van der Waals surface area contributed by atoms with Crippen LogP contribution in [0.15, 0.2) is 33.6 Å². The number of halogens is 1. The molecule has 5 nitrogen and oxygen atoms in total. The average molecular weight is 269 g/mol. The van der Waals surface area contributed by atoms with E-state index < -0.39 is 5.97 Å². The minimum Gasteiger partial charge on any atom is -0.477 e. The highest BCUT2D eigenvalue weighted by molar-refractivity contribution is 9.10. The molecule has 0 bridgehead atoms. The van der Waals surface area contributed by atoms with Crippen LogP contribution in [-0.4, -0.2) is 21.0 Å². The number of nitrogens with zero attached hydrogens (tertiary/aromatic N) is 2. The van der Waals surface area contributed by atoms with E-state index in [0.717, 1.165) is 0 Å². The Hall–Kier alpha value is -1.69. The van der Waals surface area contributed by atoms with Gasteiger partial charge in [0.25, 0.3) is 0 Å². The summed E-state index contributed by atoms with van der Waals surface area (Å²) in [4.78, 5) is 18.2. The molecule has 0 fully saturated rings. The molecular formula is C9H5BrN2O3. The maximum atomic E-state index is 10.7. The van der Waals surface area contributed by atoms with Crippen molar-refractivity contribution in [2.24, 2.45) is 0 Å². The third-order valence-corrected chi connectivity index (χ3v) is 2.14. The van der Waals surface area contributed by atoms with Crippen molar-refractivity contribution >= 4 is 21.9 Å². The highest BCUT2D eigenvalue weighted by Crippen LogP contribution is 2.23. The van der Waals surface area contributed by atoms with E-state index in [-0.39, 0.29) is 5.69 Å². The lowest BCUT2D eigenvalue weighted by atomic mass is 10.3. The second kappa shape index (κ2) is 3.82. The first-order valence-corrected chi connectivity index (χ1v) is 4.77. The molecule has 1 N–H and O–H groups in total. The molecular weight excluding hydrogens is 264 g/mol. The third kappa shape index (κ3) is 2.04. The van der Waals surface area contributed by atoms with Crippen LogP contribution in [0.4, 0.5) is 0 Å². The maximum Gasteiger partial charge on any atom is 0.354 e. The molecule has 2 aromatic rings. The van der Waals surface area contributed by atoms with Gasteiger partial charge in [-0.3, -0.25) is 0 Å². The molecule has 0 saturated carbocycles. The van der Waals surface area contributed by atoms with Gasteiger partial charge in [-0.15, -0.1) is 0 Å². The van der Waals surface area contributed by atoms with Crippen molar-refractivity contribution in [3.8, 4) is 11.5 Å². The number of aromatic nitrogens is 2. The van der Waals surface area contributed by atoms with Crippen molar-refractivity contribution in [1.82, 2.24) is 9.97 Å². The highest BCUT2D eigenvalue weighted by Gasteiger charge is 2.09. The number of carboxylic acid groups (broad SMARTS) is 1. The molecule has 0 aliphatic rings. The molecule has 2 rings (SSSR count). The van der Waals surface area contributed by atoms with Crippen LogP contribution in [-0.2, 0) is 0 Å². The predicted molar refractivity (Wildman–Crippen MR) is 54.4 cm³/mol. The lowest BCUT2D eigenvalue weighted by molar-refractivity contribution is 0.0690. The van der Waals surface area contributed by atoms with Gasteiger partial charge in [0.15, 0.2) is 16.1 Å². The fourth-order valence-corrected chi connectivity index (χ4v) is 1.37. The second-order valence-corrected chi connectivity index (χ2v) is 3.48. The highest BCUT2D eigenvalue weighted by atomic mass is 79.9. The van der Waals surface area contributed by atoms with Crippen LogP contribution in [0.3, 0.4) is 0 Å². The third-order valence-electron chi connectivity index (χ3n) is 1.71. The zero-order valence-corrected chi connectivity index (χ0v) is 8.93. The van der Waals surface area contributed by atoms with Crippen molar-refractivity contribution in [3.05, 3.63) is 34.9 Å². The lowest BCUT2D eigenvalue weighted by Crippen LogP contribution is -2.00. The second-order valence-electron chi connectivity index (χ2n) is 2.70. The normalized spacial score (nSPS) is 10.2. The molecule has 76 valence electrons. The topological polar surface area (TPSA) is 76.2 Å². The molecule has 2 heterocycles. The van der Waals surface area contributed by atoms with E-state index in [9.17, 15) is 4.79 Å². The van der Waals surface area contributed by atoms with E-state index in [1.54, 1.807) is 12.1 Å². The van der Waals surface area contributed by atoms with E-state index in [1.165, 1.54) is 12.4 Å². The number of rotatable bonds is 2. The number of furan rings is 1. The van der Waals surface area contributed by atoms with E-state index >= 15 is 0 Å². The summed E-state index contributed by atoms with van der Waals surface area (Å²) in [7, 11) is 0. The molecule has 0 radical (unpaired) electrons. The number of hydrogen-bond donors (Lipinski definition) is 1. The van der Waals surface area contributed by atoms with Crippen LogP contribution < -0.4 is 0 Å². The maximum absolute atomic E-state index is 10.7. The molecule has 15 heavy (non-hydrogen) atoms. The van der Waals surface area contributed by atoms with Gasteiger partial charge in [-0.05, 0) is 28.1 Å². The molecule has 0 aliphatic carbocycles. The summed E-state index contributed by atoms with van der Waals surface area (Å²) in [6.07, 6.45) is 1.19. The zero-order chi connectivity index (χ0) is 10.8. The summed E-state index contributed by atoms with van der Waals surface area (Å²) < 4.78 is 5.80. The number of hydrogen-bond acceptors (Lipinski definition) is 4. The van der Waals surface area contributed by atoms with Gasteiger partial charge in [-0.25, -0.2) is 14.8 Å². The van der Waals surface area contributed by atoms with Crippen LogP contribution >= 0.6 is 15.9 Å². The fourth-order valence-electron chi connectivity index (χ4n) is 1.06. The summed E-state index contributed by atoms with van der Waals surface area (Å²) in [5.74, 6) is -0.601. The van der Waals surface area contributed by atoms with Gasteiger partial charge in [0.2, 0.25) is 0 Å². The van der Waals surface area contributed by atoms with Crippen molar-refractivity contribution in [3.63, 3.8) is 0 Å². The quantitative estimate of drug-likeness (QED) is 0.904. The van der Waals surface area contributed by atoms with Gasteiger partial charge in [0.1, 0.15) is 12.0 Å². The molecule has 0 atom stereocenters. The van der Waals surface area contributed by atoms with Crippen molar-refractivity contribution in [2.45, 2.75) is 0 Å². The van der Waals surface area contributed by atoms with E-state index in [0.29, 0.717) is 16.1 Å². The van der Waals surface area contributed by atoms with E-state index in [4.69, 9.17) is 9.52 Å². The Balaban J connectivity index is 2.45. The smallest absolute Gasteiger partial charge is 0.354 e. The van der Waals surface area contributed by atoms with Crippen LogP contribution in [0.1, 0.15) is 10.5 Å². The zero-order valence-electron chi connectivity index (χ0n) is 7.35. The molecule has 0 spiro atoms. The Morgan fingerprint density at radius 2 is 2.20 bits per heavy atom. The molecule has 0 unspecified atom stereocenters. The first-order valence-electron chi connectivity index (χ1n) is 3.98. The number of aromatic carboxylic acids is 1. The van der Waals surface area contributed by atoms with Crippen molar-refractivity contribution in [2.75, 3.05) is 0 Å².